The quantitative estimate of drug-likeness (QED) is 0.583. The van der Waals surface area contributed by atoms with Crippen molar-refractivity contribution < 1.29 is 18.1 Å². The molecule has 0 radical (unpaired) electrons. The van der Waals surface area contributed by atoms with Gasteiger partial charge in [0.1, 0.15) is 0 Å². The molecule has 10 heteroatoms. The van der Waals surface area contributed by atoms with Crippen LogP contribution >= 0.6 is 11.3 Å². The van der Waals surface area contributed by atoms with E-state index in [0.29, 0.717) is 0 Å². The molecule has 1 amide bonds. The van der Waals surface area contributed by atoms with E-state index in [-0.39, 0.29) is 46.9 Å². The third kappa shape index (κ3) is 3.62. The van der Waals surface area contributed by atoms with Crippen LogP contribution in [0.1, 0.15) is 15.2 Å². The van der Waals surface area contributed by atoms with E-state index in [4.69, 9.17) is 0 Å². The molecule has 1 fully saturated rings. The molecule has 26 heavy (non-hydrogen) atoms. The fourth-order valence-electron chi connectivity index (χ4n) is 2.69. The summed E-state index contributed by atoms with van der Waals surface area (Å²) < 4.78 is 26.7. The van der Waals surface area contributed by atoms with Gasteiger partial charge in [-0.3, -0.25) is 14.9 Å². The van der Waals surface area contributed by atoms with Crippen molar-refractivity contribution in [3.8, 4) is 0 Å². The third-order valence-corrected chi connectivity index (χ3v) is 7.10. The van der Waals surface area contributed by atoms with E-state index in [1.165, 1.54) is 21.3 Å². The first-order valence-electron chi connectivity index (χ1n) is 7.89. The lowest BCUT2D eigenvalue weighted by atomic mass is 10.2. The number of hydrogen-bond donors (Lipinski definition) is 0. The van der Waals surface area contributed by atoms with Gasteiger partial charge in [-0.25, -0.2) is 8.42 Å². The van der Waals surface area contributed by atoms with Crippen molar-refractivity contribution in [3.63, 3.8) is 0 Å². The number of hydrogen-bond acceptors (Lipinski definition) is 6. The van der Waals surface area contributed by atoms with Gasteiger partial charge in [0.2, 0.25) is 10.0 Å². The SMILES string of the molecule is Cc1ccc(S(=O)(=O)N2CCN(C(=O)c3ccc([N+](=O)[O-])s3)CC2)cc1. The summed E-state index contributed by atoms with van der Waals surface area (Å²) in [5, 5.41) is 10.7. The molecule has 1 aliphatic heterocycles. The number of nitro groups is 1. The summed E-state index contributed by atoms with van der Waals surface area (Å²) in [6, 6.07) is 9.38. The molecule has 138 valence electrons. The number of benzene rings is 1. The van der Waals surface area contributed by atoms with Crippen LogP contribution in [-0.2, 0) is 10.0 Å². The molecule has 0 unspecified atom stereocenters. The molecule has 1 aromatic carbocycles. The van der Waals surface area contributed by atoms with Gasteiger partial charge in [0, 0.05) is 32.2 Å². The largest absolute Gasteiger partial charge is 0.335 e. The summed E-state index contributed by atoms with van der Waals surface area (Å²) in [5.74, 6) is -0.310. The topological polar surface area (TPSA) is 101 Å². The molecular weight excluding hydrogens is 378 g/mol. The van der Waals surface area contributed by atoms with Crippen molar-refractivity contribution in [1.82, 2.24) is 9.21 Å². The molecule has 0 spiro atoms. The monoisotopic (exact) mass is 395 g/mol. The van der Waals surface area contributed by atoms with Crippen LogP contribution in [0.2, 0.25) is 0 Å². The van der Waals surface area contributed by atoms with Crippen molar-refractivity contribution in [1.29, 1.82) is 0 Å². The fourth-order valence-corrected chi connectivity index (χ4v) is 4.90. The molecule has 0 atom stereocenters. The lowest BCUT2D eigenvalue weighted by molar-refractivity contribution is -0.380. The molecule has 1 saturated heterocycles. The number of aryl methyl sites for hydroxylation is 1. The van der Waals surface area contributed by atoms with Crippen molar-refractivity contribution in [2.75, 3.05) is 26.2 Å². The highest BCUT2D eigenvalue weighted by atomic mass is 32.2. The summed E-state index contributed by atoms with van der Waals surface area (Å²) in [5.41, 5.74) is 0.976. The minimum atomic E-state index is -3.59. The Morgan fingerprint density at radius 1 is 1.08 bits per heavy atom. The molecule has 3 rings (SSSR count). The highest BCUT2D eigenvalue weighted by molar-refractivity contribution is 7.89. The maximum atomic E-state index is 12.7. The van der Waals surface area contributed by atoms with Crippen LogP contribution in [-0.4, -0.2) is 54.6 Å². The molecule has 2 heterocycles. The highest BCUT2D eigenvalue weighted by Gasteiger charge is 2.31. The fraction of sp³-hybridized carbons (Fsp3) is 0.312. The zero-order valence-electron chi connectivity index (χ0n) is 14.0. The molecule has 0 aliphatic carbocycles. The van der Waals surface area contributed by atoms with Gasteiger partial charge in [-0.15, -0.1) is 0 Å². The second kappa shape index (κ2) is 7.14. The maximum Gasteiger partial charge on any atom is 0.324 e. The number of rotatable bonds is 4. The van der Waals surface area contributed by atoms with E-state index in [9.17, 15) is 23.3 Å². The Morgan fingerprint density at radius 2 is 1.69 bits per heavy atom. The summed E-state index contributed by atoms with van der Waals surface area (Å²) in [6.45, 7) is 2.76. The molecule has 0 saturated carbocycles. The summed E-state index contributed by atoms with van der Waals surface area (Å²) in [4.78, 5) is 24.7. The maximum absolute atomic E-state index is 12.7. The van der Waals surface area contributed by atoms with E-state index in [0.717, 1.165) is 16.9 Å². The number of carbonyl (C=O) groups excluding carboxylic acids is 1. The molecule has 0 N–H and O–H groups in total. The Hall–Kier alpha value is -2.30. The van der Waals surface area contributed by atoms with Crippen molar-refractivity contribution in [3.05, 3.63) is 57.0 Å². The Bertz CT molecular complexity index is 929. The van der Waals surface area contributed by atoms with Gasteiger partial charge in [-0.05, 0) is 25.1 Å². The number of nitrogens with zero attached hydrogens (tertiary/aromatic N) is 3. The van der Waals surface area contributed by atoms with E-state index in [2.05, 4.69) is 0 Å². The molecule has 0 bridgehead atoms. The smallest absolute Gasteiger partial charge is 0.324 e. The highest BCUT2D eigenvalue weighted by Crippen LogP contribution is 2.26. The summed E-state index contributed by atoms with van der Waals surface area (Å²) in [7, 11) is -3.59. The van der Waals surface area contributed by atoms with Gasteiger partial charge in [-0.2, -0.15) is 4.31 Å². The van der Waals surface area contributed by atoms with Crippen molar-refractivity contribution in [2.45, 2.75) is 11.8 Å². The minimum Gasteiger partial charge on any atom is -0.335 e. The van der Waals surface area contributed by atoms with E-state index < -0.39 is 14.9 Å². The number of amides is 1. The van der Waals surface area contributed by atoms with Crippen LogP contribution in [0.25, 0.3) is 0 Å². The van der Waals surface area contributed by atoms with Gasteiger partial charge in [0.25, 0.3) is 5.91 Å². The van der Waals surface area contributed by atoms with Gasteiger partial charge < -0.3 is 4.90 Å². The molecular formula is C16H17N3O5S2. The Kier molecular flexibility index (Phi) is 5.08. The standard InChI is InChI=1S/C16H17N3O5S2/c1-12-2-4-13(5-3-12)26(23,24)18-10-8-17(9-11-18)16(20)14-6-7-15(25-14)19(21)22/h2-7H,8-11H2,1H3. The lowest BCUT2D eigenvalue weighted by Gasteiger charge is -2.33. The Balaban J connectivity index is 1.67. The first-order chi connectivity index (χ1) is 12.3. The van der Waals surface area contributed by atoms with Crippen LogP contribution in [0.4, 0.5) is 5.00 Å². The molecule has 1 aliphatic rings. The van der Waals surface area contributed by atoms with E-state index >= 15 is 0 Å². The van der Waals surface area contributed by atoms with Crippen LogP contribution in [0.5, 0.6) is 0 Å². The normalized spacial score (nSPS) is 15.8. The van der Waals surface area contributed by atoms with Crippen LogP contribution in [0.15, 0.2) is 41.3 Å². The first kappa shape index (κ1) is 18.5. The van der Waals surface area contributed by atoms with Crippen molar-refractivity contribution >= 4 is 32.3 Å². The van der Waals surface area contributed by atoms with Gasteiger partial charge in [-0.1, -0.05) is 29.0 Å². The molecule has 2 aromatic rings. The zero-order valence-corrected chi connectivity index (χ0v) is 15.6. The predicted octanol–water partition coefficient (Wildman–Crippen LogP) is 2.11. The number of thiophene rings is 1. The number of carbonyl (C=O) groups is 1. The molecule has 8 nitrogen and oxygen atoms in total. The third-order valence-electron chi connectivity index (χ3n) is 4.17. The van der Waals surface area contributed by atoms with Crippen LogP contribution < -0.4 is 0 Å². The van der Waals surface area contributed by atoms with Crippen molar-refractivity contribution in [2.24, 2.45) is 0 Å². The first-order valence-corrected chi connectivity index (χ1v) is 10.1. The predicted molar refractivity (Wildman–Crippen MR) is 96.8 cm³/mol. The Labute approximate surface area is 154 Å². The van der Waals surface area contributed by atoms with Gasteiger partial charge in [0.05, 0.1) is 14.7 Å². The number of piperazine rings is 1. The van der Waals surface area contributed by atoms with Gasteiger partial charge in [0.15, 0.2) is 0 Å². The van der Waals surface area contributed by atoms with E-state index in [1.807, 2.05) is 6.92 Å². The van der Waals surface area contributed by atoms with Gasteiger partial charge >= 0.3 is 5.00 Å². The minimum absolute atomic E-state index is 0.0889. The van der Waals surface area contributed by atoms with Crippen LogP contribution in [0.3, 0.4) is 0 Å². The lowest BCUT2D eigenvalue weighted by Crippen LogP contribution is -2.50. The Morgan fingerprint density at radius 3 is 2.23 bits per heavy atom. The zero-order chi connectivity index (χ0) is 18.9. The second-order valence-electron chi connectivity index (χ2n) is 5.90. The average Bonchev–Trinajstić information content (AvgIpc) is 3.12. The summed E-state index contributed by atoms with van der Waals surface area (Å²) >= 11 is 0.825. The van der Waals surface area contributed by atoms with Crippen LogP contribution in [0, 0.1) is 17.0 Å². The summed E-state index contributed by atoms with van der Waals surface area (Å²) in [6.07, 6.45) is 0. The average molecular weight is 395 g/mol. The second-order valence-corrected chi connectivity index (χ2v) is 8.90. The molecule has 1 aromatic heterocycles. The number of sulfonamides is 1. The van der Waals surface area contributed by atoms with E-state index in [1.54, 1.807) is 24.3 Å².